The highest BCUT2D eigenvalue weighted by Gasteiger charge is 2.59. The van der Waals surface area contributed by atoms with E-state index in [9.17, 15) is 14.3 Å². The van der Waals surface area contributed by atoms with Gasteiger partial charge >= 0.3 is 5.97 Å². The molecule has 0 bridgehead atoms. The van der Waals surface area contributed by atoms with Crippen LogP contribution in [-0.4, -0.2) is 70.2 Å². The molecule has 0 amide bonds. The molecule has 4 aliphatic carbocycles. The molecular formula is C49H90NO7P. The molecule has 0 aromatic heterocycles. The highest BCUT2D eigenvalue weighted by Crippen LogP contribution is 2.67. The summed E-state index contributed by atoms with van der Waals surface area (Å²) in [7, 11) is 1.36. The minimum absolute atomic E-state index is 0.0139. The molecular weight excluding hydrogens is 746 g/mol. The first-order valence-corrected chi connectivity index (χ1v) is 25.8. The van der Waals surface area contributed by atoms with Gasteiger partial charge in [-0.05, 0) is 104 Å². The molecule has 3 saturated carbocycles. The van der Waals surface area contributed by atoms with E-state index in [0.29, 0.717) is 22.9 Å². The van der Waals surface area contributed by atoms with Crippen LogP contribution in [0.4, 0.5) is 0 Å². The fraction of sp³-hybridized carbons (Fsp3) is 0.939. The quantitative estimate of drug-likeness (QED) is 0.0255. The third-order valence-electron chi connectivity index (χ3n) is 15.5. The first-order chi connectivity index (χ1) is 27.5. The summed E-state index contributed by atoms with van der Waals surface area (Å²) in [5.74, 6) is 4.52. The summed E-state index contributed by atoms with van der Waals surface area (Å²) in [5.41, 5.74) is 2.25. The first-order valence-electron chi connectivity index (χ1n) is 24.4. The zero-order valence-electron chi connectivity index (χ0n) is 39.0. The van der Waals surface area contributed by atoms with Crippen molar-refractivity contribution >= 4 is 13.8 Å². The second-order valence-corrected chi connectivity index (χ2v) is 22.9. The van der Waals surface area contributed by atoms with Gasteiger partial charge in [-0.25, -0.2) is 0 Å². The van der Waals surface area contributed by atoms with Crippen molar-refractivity contribution in [1.29, 1.82) is 0 Å². The maximum Gasteiger partial charge on any atom is 0.306 e. The van der Waals surface area contributed by atoms with Crippen LogP contribution >= 0.6 is 7.82 Å². The number of phosphoric ester groups is 1. The lowest BCUT2D eigenvalue weighted by Crippen LogP contribution is -2.51. The lowest BCUT2D eigenvalue weighted by molar-refractivity contribution is -0.870. The van der Waals surface area contributed by atoms with Crippen molar-refractivity contribution < 1.29 is 37.3 Å². The van der Waals surface area contributed by atoms with E-state index in [2.05, 4.69) is 47.6 Å². The Labute approximate surface area is 356 Å². The molecule has 0 heterocycles. The van der Waals surface area contributed by atoms with Crippen LogP contribution in [0.25, 0.3) is 0 Å². The standard InChI is InChI=1S/C49H90NO7P/c1-10-11-12-13-14-15-16-17-18-19-20-24-47(51)57-42(37-56-58(52,53)55-34-33-50(7,8)9)36-54-41-29-31-48(5)40(35-41)25-26-43-45-28-27-44(39(4)23-21-22-38(2)3)49(45,6)32-30-46(43)48/h25,38-39,41-46H,10-24,26-37H2,1-9H3/t39-,41+,42?,43+,44-,45+,46+,48+,49-/m1/s1. The number of carbonyl (C=O) groups excluding carboxylic acids is 1. The summed E-state index contributed by atoms with van der Waals surface area (Å²) in [5, 5.41) is 0. The Morgan fingerprint density at radius 1 is 0.845 bits per heavy atom. The number of nitrogens with zero attached hydrogens (tertiary/aromatic N) is 1. The minimum Gasteiger partial charge on any atom is -0.756 e. The normalized spacial score (nSPS) is 30.5. The van der Waals surface area contributed by atoms with Crippen molar-refractivity contribution in [1.82, 2.24) is 0 Å². The molecule has 0 spiro atoms. The molecule has 338 valence electrons. The molecule has 9 heteroatoms. The van der Waals surface area contributed by atoms with Gasteiger partial charge in [0.05, 0.1) is 40.5 Å². The summed E-state index contributed by atoms with van der Waals surface area (Å²) in [6.07, 6.45) is 29.2. The number of likely N-dealkylation sites (N-methyl/N-ethyl adjacent to an activating group) is 1. The second-order valence-electron chi connectivity index (χ2n) is 21.5. The van der Waals surface area contributed by atoms with E-state index in [1.54, 1.807) is 5.57 Å². The van der Waals surface area contributed by atoms with Gasteiger partial charge in [-0.3, -0.25) is 9.36 Å². The van der Waals surface area contributed by atoms with Gasteiger partial charge in [-0.2, -0.15) is 0 Å². The van der Waals surface area contributed by atoms with Crippen LogP contribution in [0.2, 0.25) is 0 Å². The largest absolute Gasteiger partial charge is 0.756 e. The van der Waals surface area contributed by atoms with Gasteiger partial charge in [0.15, 0.2) is 0 Å². The van der Waals surface area contributed by atoms with Gasteiger partial charge in [0.2, 0.25) is 0 Å². The minimum atomic E-state index is -4.57. The number of hydrogen-bond acceptors (Lipinski definition) is 7. The number of ether oxygens (including phenoxy) is 2. The van der Waals surface area contributed by atoms with Crippen molar-refractivity contribution in [3.05, 3.63) is 11.6 Å². The second kappa shape index (κ2) is 23.6. The van der Waals surface area contributed by atoms with E-state index in [4.69, 9.17) is 18.5 Å². The van der Waals surface area contributed by atoms with Gasteiger partial charge in [0.25, 0.3) is 7.82 Å². The molecule has 0 N–H and O–H groups in total. The number of carbonyl (C=O) groups is 1. The monoisotopic (exact) mass is 836 g/mol. The van der Waals surface area contributed by atoms with E-state index < -0.39 is 13.9 Å². The number of rotatable bonds is 28. The molecule has 0 aliphatic heterocycles. The third kappa shape index (κ3) is 15.2. The number of unbranched alkanes of at least 4 members (excludes halogenated alkanes) is 10. The zero-order chi connectivity index (χ0) is 42.4. The molecule has 58 heavy (non-hydrogen) atoms. The molecule has 4 aliphatic rings. The van der Waals surface area contributed by atoms with Gasteiger partial charge in [-0.1, -0.05) is 137 Å². The number of fused-ring (bicyclic) bond motifs is 5. The van der Waals surface area contributed by atoms with Crippen molar-refractivity contribution in [2.45, 2.75) is 201 Å². The van der Waals surface area contributed by atoms with Crippen LogP contribution in [0.15, 0.2) is 11.6 Å². The van der Waals surface area contributed by atoms with Crippen LogP contribution in [0, 0.1) is 46.3 Å². The van der Waals surface area contributed by atoms with E-state index in [0.717, 1.165) is 74.0 Å². The maximum absolute atomic E-state index is 13.0. The summed E-state index contributed by atoms with van der Waals surface area (Å²) < 4.78 is 36.1. The number of quaternary nitrogens is 1. The van der Waals surface area contributed by atoms with E-state index in [1.807, 2.05) is 21.1 Å². The van der Waals surface area contributed by atoms with E-state index in [-0.39, 0.29) is 37.3 Å². The smallest absolute Gasteiger partial charge is 0.306 e. The van der Waals surface area contributed by atoms with Crippen LogP contribution in [0.1, 0.15) is 189 Å². The maximum atomic E-state index is 13.0. The van der Waals surface area contributed by atoms with Gasteiger partial charge in [0.1, 0.15) is 19.3 Å². The molecule has 0 aromatic carbocycles. The molecule has 4 rings (SSSR count). The molecule has 0 saturated heterocycles. The molecule has 0 radical (unpaired) electrons. The van der Waals surface area contributed by atoms with Gasteiger partial charge in [-0.15, -0.1) is 0 Å². The summed E-state index contributed by atoms with van der Waals surface area (Å²) >= 11 is 0. The summed E-state index contributed by atoms with van der Waals surface area (Å²) in [6.45, 7) is 15.1. The Balaban J connectivity index is 1.28. The predicted molar refractivity (Wildman–Crippen MR) is 236 cm³/mol. The van der Waals surface area contributed by atoms with Crippen LogP contribution < -0.4 is 4.89 Å². The average Bonchev–Trinajstić information content (AvgIpc) is 3.51. The van der Waals surface area contributed by atoms with Gasteiger partial charge in [0, 0.05) is 6.42 Å². The molecule has 10 atom stereocenters. The molecule has 0 aromatic rings. The Morgan fingerprint density at radius 2 is 1.52 bits per heavy atom. The number of phosphoric acid groups is 1. The van der Waals surface area contributed by atoms with Crippen molar-refractivity contribution in [3.8, 4) is 0 Å². The molecule has 2 unspecified atom stereocenters. The van der Waals surface area contributed by atoms with E-state index in [1.165, 1.54) is 103 Å². The lowest BCUT2D eigenvalue weighted by Gasteiger charge is -2.58. The molecule has 8 nitrogen and oxygen atoms in total. The highest BCUT2D eigenvalue weighted by atomic mass is 31.2. The average molecular weight is 836 g/mol. The molecule has 3 fully saturated rings. The van der Waals surface area contributed by atoms with Crippen molar-refractivity contribution in [2.75, 3.05) is 47.5 Å². The Morgan fingerprint density at radius 3 is 2.17 bits per heavy atom. The number of esters is 1. The van der Waals surface area contributed by atoms with Crippen LogP contribution in [-0.2, 0) is 27.9 Å². The van der Waals surface area contributed by atoms with Crippen LogP contribution in [0.5, 0.6) is 0 Å². The van der Waals surface area contributed by atoms with E-state index >= 15 is 0 Å². The SMILES string of the molecule is CCCCCCCCCCCCCC(=O)OC(CO[C@H]1CC[C@@]2(C)C(=CC[C@H]3[C@@H]4CC[C@H]([C@H](C)CCCC(C)C)[C@@]4(C)CC[C@@H]32)C1)COP(=O)([O-])OCC[N+](C)(C)C. The highest BCUT2D eigenvalue weighted by molar-refractivity contribution is 7.45. The summed E-state index contributed by atoms with van der Waals surface area (Å²) in [6, 6.07) is 0. The predicted octanol–water partition coefficient (Wildman–Crippen LogP) is 12.2. The Bertz CT molecular complexity index is 1300. The van der Waals surface area contributed by atoms with Crippen molar-refractivity contribution in [3.63, 3.8) is 0 Å². The van der Waals surface area contributed by atoms with Crippen molar-refractivity contribution in [2.24, 2.45) is 46.3 Å². The topological polar surface area (TPSA) is 94.1 Å². The fourth-order valence-electron chi connectivity index (χ4n) is 12.0. The third-order valence-corrected chi connectivity index (χ3v) is 16.5. The zero-order valence-corrected chi connectivity index (χ0v) is 39.9. The summed E-state index contributed by atoms with van der Waals surface area (Å²) in [4.78, 5) is 25.7. The van der Waals surface area contributed by atoms with Gasteiger partial charge < -0.3 is 27.9 Å². The number of allylic oxidation sites excluding steroid dienone is 1. The fourth-order valence-corrected chi connectivity index (χ4v) is 12.7. The number of hydrogen-bond donors (Lipinski definition) is 0. The lowest BCUT2D eigenvalue weighted by atomic mass is 9.47. The first kappa shape index (κ1) is 49.9. The van der Waals surface area contributed by atoms with Crippen LogP contribution in [0.3, 0.4) is 0 Å². The Hall–Kier alpha value is -0.760. The Kier molecular flexibility index (Phi) is 20.3.